The molecule has 0 spiro atoms. The van der Waals surface area contributed by atoms with Crippen LogP contribution in [0.1, 0.15) is 18.1 Å². The largest absolute Gasteiger partial charge is 0.285 e. The van der Waals surface area contributed by atoms with Crippen molar-refractivity contribution in [1.82, 2.24) is 4.90 Å². The van der Waals surface area contributed by atoms with Crippen LogP contribution < -0.4 is 0 Å². The van der Waals surface area contributed by atoms with Crippen molar-refractivity contribution >= 4 is 0 Å². The van der Waals surface area contributed by atoms with Crippen molar-refractivity contribution in [3.8, 4) is 12.3 Å². The van der Waals surface area contributed by atoms with Crippen LogP contribution in [0.2, 0.25) is 0 Å². The van der Waals surface area contributed by atoms with E-state index in [0.717, 1.165) is 19.5 Å². The highest BCUT2D eigenvalue weighted by atomic mass is 15.1. The Bertz CT molecular complexity index is 362. The monoisotopic (exact) mass is 185 g/mol. The molecule has 0 N–H and O–H groups in total. The smallest absolute Gasteiger partial charge is 0.0604 e. The summed E-state index contributed by atoms with van der Waals surface area (Å²) >= 11 is 0. The van der Waals surface area contributed by atoms with E-state index in [-0.39, 0.29) is 0 Å². The third-order valence-electron chi connectivity index (χ3n) is 2.92. The molecule has 1 atom stereocenters. The van der Waals surface area contributed by atoms with Crippen molar-refractivity contribution in [3.63, 3.8) is 0 Å². The summed E-state index contributed by atoms with van der Waals surface area (Å²) in [5.41, 5.74) is 2.91. The van der Waals surface area contributed by atoms with Gasteiger partial charge in [0.2, 0.25) is 0 Å². The van der Waals surface area contributed by atoms with Gasteiger partial charge in [-0.15, -0.1) is 6.42 Å². The molecule has 0 aliphatic carbocycles. The van der Waals surface area contributed by atoms with Gasteiger partial charge in [0.1, 0.15) is 0 Å². The van der Waals surface area contributed by atoms with Gasteiger partial charge in [-0.25, -0.2) is 0 Å². The molecule has 1 aliphatic heterocycles. The van der Waals surface area contributed by atoms with E-state index in [1.807, 2.05) is 0 Å². The lowest BCUT2D eigenvalue weighted by atomic mass is 9.95. The van der Waals surface area contributed by atoms with Gasteiger partial charge in [-0.1, -0.05) is 30.2 Å². The minimum absolute atomic E-state index is 0.570. The van der Waals surface area contributed by atoms with Gasteiger partial charge in [-0.05, 0) is 24.5 Å². The normalized spacial score (nSPS) is 21.3. The van der Waals surface area contributed by atoms with Gasteiger partial charge in [-0.3, -0.25) is 4.90 Å². The van der Waals surface area contributed by atoms with E-state index in [9.17, 15) is 0 Å². The molecule has 72 valence electrons. The highest BCUT2D eigenvalue weighted by Crippen LogP contribution is 2.22. The Kier molecular flexibility index (Phi) is 2.56. The van der Waals surface area contributed by atoms with Crippen LogP contribution in [0.5, 0.6) is 0 Å². The average Bonchev–Trinajstić information content (AvgIpc) is 2.19. The van der Waals surface area contributed by atoms with Gasteiger partial charge in [0, 0.05) is 12.6 Å². The van der Waals surface area contributed by atoms with E-state index in [1.165, 1.54) is 11.1 Å². The van der Waals surface area contributed by atoms with E-state index in [1.54, 1.807) is 0 Å². The lowest BCUT2D eigenvalue weighted by Crippen LogP contribution is -2.38. The fourth-order valence-electron chi connectivity index (χ4n) is 2.06. The summed E-state index contributed by atoms with van der Waals surface area (Å²) in [5, 5.41) is 0. The summed E-state index contributed by atoms with van der Waals surface area (Å²) in [6.07, 6.45) is 6.47. The third kappa shape index (κ3) is 1.66. The van der Waals surface area contributed by atoms with Gasteiger partial charge in [0.25, 0.3) is 0 Å². The molecular formula is C13H15N. The van der Waals surface area contributed by atoms with Gasteiger partial charge >= 0.3 is 0 Å². The highest BCUT2D eigenvalue weighted by Gasteiger charge is 2.20. The summed E-state index contributed by atoms with van der Waals surface area (Å²) in [7, 11) is 0. The van der Waals surface area contributed by atoms with E-state index in [4.69, 9.17) is 6.42 Å². The second kappa shape index (κ2) is 3.86. The van der Waals surface area contributed by atoms with Crippen LogP contribution >= 0.6 is 0 Å². The van der Waals surface area contributed by atoms with Crippen LogP contribution in [0, 0.1) is 12.3 Å². The van der Waals surface area contributed by atoms with E-state index in [0.29, 0.717) is 6.04 Å². The molecule has 0 radical (unpaired) electrons. The third-order valence-corrected chi connectivity index (χ3v) is 2.92. The summed E-state index contributed by atoms with van der Waals surface area (Å²) < 4.78 is 0. The van der Waals surface area contributed by atoms with Crippen molar-refractivity contribution in [2.75, 3.05) is 6.54 Å². The maximum Gasteiger partial charge on any atom is 0.0604 e. The van der Waals surface area contributed by atoms with Gasteiger partial charge < -0.3 is 0 Å². The predicted molar refractivity (Wildman–Crippen MR) is 58.9 cm³/mol. The first-order valence-electron chi connectivity index (χ1n) is 5.05. The summed E-state index contributed by atoms with van der Waals surface area (Å²) in [4.78, 5) is 2.35. The number of fused-ring (bicyclic) bond motifs is 1. The lowest BCUT2D eigenvalue weighted by Gasteiger charge is -2.33. The van der Waals surface area contributed by atoms with Crippen molar-refractivity contribution in [1.29, 1.82) is 0 Å². The first-order valence-corrected chi connectivity index (χ1v) is 5.05. The van der Waals surface area contributed by atoms with E-state index < -0.39 is 0 Å². The van der Waals surface area contributed by atoms with Crippen molar-refractivity contribution in [2.24, 2.45) is 0 Å². The summed E-state index contributed by atoms with van der Waals surface area (Å²) in [5.74, 6) is 2.72. The quantitative estimate of drug-likeness (QED) is 0.605. The molecule has 1 heterocycles. The molecule has 1 aliphatic rings. The lowest BCUT2D eigenvalue weighted by molar-refractivity contribution is 0.209. The first kappa shape index (κ1) is 9.30. The topological polar surface area (TPSA) is 3.24 Å². The van der Waals surface area contributed by atoms with E-state index >= 15 is 0 Å². The Morgan fingerprint density at radius 3 is 2.86 bits per heavy atom. The highest BCUT2D eigenvalue weighted by molar-refractivity contribution is 5.30. The minimum atomic E-state index is 0.570. The van der Waals surface area contributed by atoms with E-state index in [2.05, 4.69) is 42.0 Å². The fraction of sp³-hybridized carbons (Fsp3) is 0.385. The number of nitrogens with zero attached hydrogens (tertiary/aromatic N) is 1. The van der Waals surface area contributed by atoms with Crippen molar-refractivity contribution < 1.29 is 0 Å². The molecule has 2 rings (SSSR count). The average molecular weight is 185 g/mol. The van der Waals surface area contributed by atoms with Crippen LogP contribution in [-0.4, -0.2) is 17.5 Å². The zero-order valence-corrected chi connectivity index (χ0v) is 8.53. The van der Waals surface area contributed by atoms with Gasteiger partial charge in [0.05, 0.1) is 6.54 Å². The maximum atomic E-state index is 5.35. The molecule has 1 heteroatoms. The van der Waals surface area contributed by atoms with Crippen LogP contribution in [0.25, 0.3) is 0 Å². The van der Waals surface area contributed by atoms with Crippen LogP contribution in [0.3, 0.4) is 0 Å². The van der Waals surface area contributed by atoms with Crippen LogP contribution in [0.15, 0.2) is 24.3 Å². The second-order valence-electron chi connectivity index (χ2n) is 3.93. The number of rotatable bonds is 1. The molecule has 0 amide bonds. The Hall–Kier alpha value is -1.26. The Labute approximate surface area is 85.7 Å². The number of terminal acetylenes is 1. The zero-order valence-electron chi connectivity index (χ0n) is 8.53. The Morgan fingerprint density at radius 2 is 2.14 bits per heavy atom. The van der Waals surface area contributed by atoms with Crippen LogP contribution in [0.4, 0.5) is 0 Å². The predicted octanol–water partition coefficient (Wildman–Crippen LogP) is 2.07. The molecule has 0 saturated heterocycles. The molecule has 1 nitrogen and oxygen atoms in total. The standard InChI is InChI=1S/C13H15N/c1-3-8-14-10-13-7-5-4-6-12(13)9-11(14)2/h1,4-7,11H,8-10H2,2H3. The molecule has 14 heavy (non-hydrogen) atoms. The van der Waals surface area contributed by atoms with Gasteiger partial charge in [0.15, 0.2) is 0 Å². The number of hydrogen-bond acceptors (Lipinski definition) is 1. The molecule has 1 aromatic carbocycles. The molecule has 1 aromatic rings. The SMILES string of the molecule is C#CCN1Cc2ccccc2CC1C. The molecule has 0 aromatic heterocycles. The van der Waals surface area contributed by atoms with Crippen molar-refractivity contribution in [3.05, 3.63) is 35.4 Å². The Morgan fingerprint density at radius 1 is 1.43 bits per heavy atom. The van der Waals surface area contributed by atoms with Crippen molar-refractivity contribution in [2.45, 2.75) is 25.9 Å². The Balaban J connectivity index is 2.23. The maximum absolute atomic E-state index is 5.35. The molecule has 0 bridgehead atoms. The molecular weight excluding hydrogens is 170 g/mol. The minimum Gasteiger partial charge on any atom is -0.285 e. The molecule has 0 saturated carbocycles. The zero-order chi connectivity index (χ0) is 9.97. The number of benzene rings is 1. The fourth-order valence-corrected chi connectivity index (χ4v) is 2.06. The van der Waals surface area contributed by atoms with Crippen LogP contribution in [-0.2, 0) is 13.0 Å². The number of hydrogen-bond donors (Lipinski definition) is 0. The summed E-state index contributed by atoms with van der Waals surface area (Å²) in [6, 6.07) is 9.20. The molecule has 1 unspecified atom stereocenters. The molecule has 0 fully saturated rings. The summed E-state index contributed by atoms with van der Waals surface area (Å²) in [6.45, 7) is 4.00. The first-order chi connectivity index (χ1) is 6.81. The van der Waals surface area contributed by atoms with Gasteiger partial charge in [-0.2, -0.15) is 0 Å². The second-order valence-corrected chi connectivity index (χ2v) is 3.93.